The zero-order valence-corrected chi connectivity index (χ0v) is 12.8. The highest BCUT2D eigenvalue weighted by atomic mass is 16.7. The molecule has 0 aromatic rings. The van der Waals surface area contributed by atoms with Crippen LogP contribution >= 0.6 is 0 Å². The van der Waals surface area contributed by atoms with Crippen LogP contribution in [0.3, 0.4) is 0 Å². The highest BCUT2D eigenvalue weighted by Crippen LogP contribution is 2.32. The molecule has 1 N–H and O–H groups in total. The van der Waals surface area contributed by atoms with Crippen LogP contribution < -0.4 is 5.32 Å². The number of nitrogens with zero attached hydrogens (tertiary/aromatic N) is 1. The minimum atomic E-state index is -1.08. The largest absolute Gasteiger partial charge is 0.352 e. The quantitative estimate of drug-likeness (QED) is 0.612. The Bertz CT molecular complexity index is 417. The van der Waals surface area contributed by atoms with E-state index in [0.717, 1.165) is 0 Å². The van der Waals surface area contributed by atoms with Gasteiger partial charge in [-0.3, -0.25) is 9.59 Å². The van der Waals surface area contributed by atoms with Gasteiger partial charge in [-0.15, -0.1) is 6.58 Å². The van der Waals surface area contributed by atoms with Gasteiger partial charge in [-0.05, 0) is 13.8 Å². The molecular weight excluding hydrogens is 272 g/mol. The van der Waals surface area contributed by atoms with E-state index in [1.54, 1.807) is 24.8 Å². The Morgan fingerprint density at radius 2 is 1.86 bits per heavy atom. The van der Waals surface area contributed by atoms with Gasteiger partial charge in [0.1, 0.15) is 5.41 Å². The Hall–Kier alpha value is -1.40. The maximum atomic E-state index is 12.6. The minimum absolute atomic E-state index is 0.156. The number of hydrogen-bond donors (Lipinski definition) is 1. The second kappa shape index (κ2) is 6.15. The summed E-state index contributed by atoms with van der Waals surface area (Å²) in [6.07, 6.45) is 2.91. The molecule has 0 bridgehead atoms. The third-order valence-corrected chi connectivity index (χ3v) is 4.14. The lowest BCUT2D eigenvalue weighted by molar-refractivity contribution is -0.189. The van der Waals surface area contributed by atoms with Crippen LogP contribution in [0, 0.1) is 5.41 Å². The van der Waals surface area contributed by atoms with Gasteiger partial charge in [-0.25, -0.2) is 0 Å². The summed E-state index contributed by atoms with van der Waals surface area (Å²) < 4.78 is 11.3. The second-order valence-electron chi connectivity index (χ2n) is 6.02. The molecule has 2 aliphatic heterocycles. The van der Waals surface area contributed by atoms with Gasteiger partial charge in [-0.2, -0.15) is 0 Å². The molecule has 0 atom stereocenters. The van der Waals surface area contributed by atoms with Crippen molar-refractivity contribution >= 4 is 11.8 Å². The maximum absolute atomic E-state index is 12.6. The van der Waals surface area contributed by atoms with Crippen LogP contribution in [0.15, 0.2) is 12.7 Å². The van der Waals surface area contributed by atoms with Gasteiger partial charge < -0.3 is 19.7 Å². The number of piperidine rings is 1. The van der Waals surface area contributed by atoms with Crippen molar-refractivity contribution < 1.29 is 19.1 Å². The highest BCUT2D eigenvalue weighted by molar-refractivity contribution is 6.04. The molecule has 2 heterocycles. The number of nitrogens with one attached hydrogen (secondary N) is 1. The Morgan fingerprint density at radius 3 is 2.38 bits per heavy atom. The smallest absolute Gasteiger partial charge is 0.237 e. The molecule has 118 valence electrons. The van der Waals surface area contributed by atoms with E-state index in [1.165, 1.54) is 0 Å². The molecule has 2 amide bonds. The van der Waals surface area contributed by atoms with Crippen LogP contribution in [0.1, 0.15) is 26.7 Å². The van der Waals surface area contributed by atoms with E-state index in [9.17, 15) is 9.59 Å². The average molecular weight is 296 g/mol. The maximum Gasteiger partial charge on any atom is 0.237 e. The lowest BCUT2D eigenvalue weighted by Gasteiger charge is -2.40. The molecule has 0 aliphatic carbocycles. The van der Waals surface area contributed by atoms with Gasteiger partial charge >= 0.3 is 0 Å². The Balaban J connectivity index is 1.94. The third-order valence-electron chi connectivity index (χ3n) is 4.14. The molecular formula is C15H24N2O4. The van der Waals surface area contributed by atoms with E-state index < -0.39 is 11.2 Å². The lowest BCUT2D eigenvalue weighted by atomic mass is 9.89. The third kappa shape index (κ3) is 3.27. The van der Waals surface area contributed by atoms with Gasteiger partial charge in [-0.1, -0.05) is 6.08 Å². The first kappa shape index (κ1) is 16.0. The first-order valence-electron chi connectivity index (χ1n) is 7.38. The van der Waals surface area contributed by atoms with E-state index in [0.29, 0.717) is 45.7 Å². The predicted molar refractivity (Wildman–Crippen MR) is 77.4 cm³/mol. The molecule has 2 rings (SSSR count). The summed E-state index contributed by atoms with van der Waals surface area (Å²) in [5.41, 5.74) is -1.08. The number of hydrogen-bond acceptors (Lipinski definition) is 4. The van der Waals surface area contributed by atoms with Gasteiger partial charge in [0.25, 0.3) is 0 Å². The summed E-state index contributed by atoms with van der Waals surface area (Å²) in [6.45, 7) is 9.55. The molecule has 2 fully saturated rings. The normalized spacial score (nSPS) is 21.3. The van der Waals surface area contributed by atoms with E-state index in [2.05, 4.69) is 11.9 Å². The number of ether oxygens (including phenoxy) is 2. The Labute approximate surface area is 125 Å². The molecule has 0 radical (unpaired) electrons. The van der Waals surface area contributed by atoms with Gasteiger partial charge in [0.05, 0.1) is 13.2 Å². The Morgan fingerprint density at radius 1 is 1.29 bits per heavy atom. The van der Waals surface area contributed by atoms with Crippen LogP contribution in [0.5, 0.6) is 0 Å². The molecule has 0 aromatic carbocycles. The molecule has 0 saturated carbocycles. The fourth-order valence-corrected chi connectivity index (χ4v) is 2.71. The standard InChI is InChI=1S/C15H24N2O4/c1-4-7-16-12(18)14(2,3)13(19)17-8-5-15(6-9-17)20-10-11-21-15/h4H,1,5-11H2,2-3H3,(H,16,18). The van der Waals surface area contributed by atoms with Crippen LogP contribution in [0.2, 0.25) is 0 Å². The molecule has 6 nitrogen and oxygen atoms in total. The predicted octanol–water partition coefficient (Wildman–Crippen LogP) is 0.680. The molecule has 1 spiro atoms. The van der Waals surface area contributed by atoms with Crippen molar-refractivity contribution in [2.45, 2.75) is 32.5 Å². The zero-order chi connectivity index (χ0) is 15.5. The molecule has 21 heavy (non-hydrogen) atoms. The van der Waals surface area contributed by atoms with Crippen LogP contribution in [-0.4, -0.2) is 55.3 Å². The summed E-state index contributed by atoms with van der Waals surface area (Å²) in [5, 5.41) is 2.69. The molecule has 2 aliphatic rings. The zero-order valence-electron chi connectivity index (χ0n) is 12.8. The van der Waals surface area contributed by atoms with Crippen LogP contribution in [0.4, 0.5) is 0 Å². The van der Waals surface area contributed by atoms with Gasteiger partial charge in [0, 0.05) is 32.5 Å². The SMILES string of the molecule is C=CCNC(=O)C(C)(C)C(=O)N1CCC2(CC1)OCCO2. The summed E-state index contributed by atoms with van der Waals surface area (Å²) >= 11 is 0. The van der Waals surface area contributed by atoms with E-state index in [-0.39, 0.29) is 11.8 Å². The van der Waals surface area contributed by atoms with Gasteiger partial charge in [0.15, 0.2) is 5.79 Å². The van der Waals surface area contributed by atoms with Gasteiger partial charge in [0.2, 0.25) is 11.8 Å². The van der Waals surface area contributed by atoms with Crippen molar-refractivity contribution in [3.8, 4) is 0 Å². The fourth-order valence-electron chi connectivity index (χ4n) is 2.71. The highest BCUT2D eigenvalue weighted by Gasteiger charge is 2.45. The average Bonchev–Trinajstić information content (AvgIpc) is 2.93. The summed E-state index contributed by atoms with van der Waals surface area (Å²) in [5.74, 6) is -0.940. The number of amides is 2. The summed E-state index contributed by atoms with van der Waals surface area (Å²) in [7, 11) is 0. The molecule has 6 heteroatoms. The number of carbonyl (C=O) groups is 2. The number of likely N-dealkylation sites (tertiary alicyclic amines) is 1. The van der Waals surface area contributed by atoms with Crippen molar-refractivity contribution in [1.82, 2.24) is 10.2 Å². The summed E-state index contributed by atoms with van der Waals surface area (Å²) in [4.78, 5) is 26.4. The topological polar surface area (TPSA) is 67.9 Å². The fraction of sp³-hybridized carbons (Fsp3) is 0.733. The van der Waals surface area contributed by atoms with Crippen molar-refractivity contribution in [1.29, 1.82) is 0 Å². The van der Waals surface area contributed by atoms with Crippen molar-refractivity contribution in [3.63, 3.8) is 0 Å². The monoisotopic (exact) mass is 296 g/mol. The molecule has 2 saturated heterocycles. The van der Waals surface area contributed by atoms with E-state index >= 15 is 0 Å². The van der Waals surface area contributed by atoms with E-state index in [4.69, 9.17) is 9.47 Å². The second-order valence-corrected chi connectivity index (χ2v) is 6.02. The summed E-state index contributed by atoms with van der Waals surface area (Å²) in [6, 6.07) is 0. The number of rotatable bonds is 4. The lowest BCUT2D eigenvalue weighted by Crippen LogP contribution is -2.54. The minimum Gasteiger partial charge on any atom is -0.352 e. The molecule has 0 unspecified atom stereocenters. The number of carbonyl (C=O) groups excluding carboxylic acids is 2. The van der Waals surface area contributed by atoms with E-state index in [1.807, 2.05) is 0 Å². The first-order valence-corrected chi connectivity index (χ1v) is 7.38. The van der Waals surface area contributed by atoms with Crippen molar-refractivity contribution in [2.24, 2.45) is 5.41 Å². The van der Waals surface area contributed by atoms with Crippen molar-refractivity contribution in [3.05, 3.63) is 12.7 Å². The first-order chi connectivity index (χ1) is 9.91. The van der Waals surface area contributed by atoms with Crippen molar-refractivity contribution in [2.75, 3.05) is 32.8 Å². The Kier molecular flexibility index (Phi) is 4.68. The van der Waals surface area contributed by atoms with Crippen LogP contribution in [-0.2, 0) is 19.1 Å². The molecule has 0 aromatic heterocycles. The van der Waals surface area contributed by atoms with Crippen LogP contribution in [0.25, 0.3) is 0 Å².